The molecular weight excluding hydrogens is 446 g/mol. The molecule has 9 nitrogen and oxygen atoms in total. The first-order chi connectivity index (χ1) is 17.2. The van der Waals surface area contributed by atoms with Crippen molar-refractivity contribution in [1.29, 1.82) is 0 Å². The van der Waals surface area contributed by atoms with Crippen LogP contribution in [-0.2, 0) is 6.54 Å². The summed E-state index contributed by atoms with van der Waals surface area (Å²) in [6.07, 6.45) is 5.95. The second-order valence-electron chi connectivity index (χ2n) is 8.55. The Balaban J connectivity index is 1.55. The van der Waals surface area contributed by atoms with E-state index in [9.17, 15) is 9.90 Å². The number of benzene rings is 2. The topological polar surface area (TPSA) is 112 Å². The van der Waals surface area contributed by atoms with Gasteiger partial charge in [-0.3, -0.25) is 5.10 Å². The first-order valence-corrected chi connectivity index (χ1v) is 12.0. The number of carbonyl (C=O) groups excluding carboxylic acids is 1. The van der Waals surface area contributed by atoms with Crippen LogP contribution in [0, 0.1) is 0 Å². The van der Waals surface area contributed by atoms with Crippen LogP contribution in [0.15, 0.2) is 54.9 Å². The predicted octanol–water partition coefficient (Wildman–Crippen LogP) is 3.63. The minimum atomic E-state index is -0.257. The number of urea groups is 1. The van der Waals surface area contributed by atoms with Crippen molar-refractivity contribution >= 4 is 11.7 Å². The van der Waals surface area contributed by atoms with Crippen LogP contribution in [0.4, 0.5) is 10.5 Å². The smallest absolute Gasteiger partial charge is 0.322 e. The monoisotopic (exact) mass is 479 g/mol. The maximum absolute atomic E-state index is 13.4. The van der Waals surface area contributed by atoms with E-state index in [-0.39, 0.29) is 18.7 Å². The number of anilines is 1. The lowest BCUT2D eigenvalue weighted by Gasteiger charge is -2.27. The van der Waals surface area contributed by atoms with Crippen molar-refractivity contribution in [2.75, 3.05) is 38.7 Å². The first kappa shape index (κ1) is 24.6. The summed E-state index contributed by atoms with van der Waals surface area (Å²) in [5, 5.41) is 22.6. The van der Waals surface area contributed by atoms with Crippen molar-refractivity contribution in [2.24, 2.45) is 0 Å². The number of hydrogen-bond donors (Lipinski definition) is 4. The van der Waals surface area contributed by atoms with E-state index in [1.807, 2.05) is 48.7 Å². The third-order valence-corrected chi connectivity index (χ3v) is 6.02. The number of aliphatic hydroxyl groups is 1. The molecule has 0 radical (unpaired) electrons. The lowest BCUT2D eigenvalue weighted by molar-refractivity contribution is 0.163. The van der Waals surface area contributed by atoms with E-state index >= 15 is 0 Å². The van der Waals surface area contributed by atoms with Crippen LogP contribution in [0.2, 0.25) is 0 Å². The van der Waals surface area contributed by atoms with Crippen molar-refractivity contribution in [3.8, 4) is 22.6 Å². The summed E-state index contributed by atoms with van der Waals surface area (Å²) in [6.45, 7) is 2.62. The third kappa shape index (κ3) is 6.74. The fourth-order valence-electron chi connectivity index (χ4n) is 4.10. The summed E-state index contributed by atoms with van der Waals surface area (Å²) in [6, 6.07) is 13.1. The Morgan fingerprint density at radius 1 is 1.20 bits per heavy atom. The number of ether oxygens (including phenoxy) is 2. The van der Waals surface area contributed by atoms with E-state index in [1.54, 1.807) is 18.2 Å². The molecule has 1 aliphatic rings. The molecule has 4 N–H and O–H groups in total. The minimum Gasteiger partial charge on any atom is -0.497 e. The number of hydrogen-bond acceptors (Lipinski definition) is 6. The highest BCUT2D eigenvalue weighted by Crippen LogP contribution is 2.33. The molecule has 0 saturated carbocycles. The Bertz CT molecular complexity index is 1080. The number of aromatic amines is 1. The number of aromatic nitrogens is 2. The number of piperidine rings is 1. The van der Waals surface area contributed by atoms with Crippen molar-refractivity contribution < 1.29 is 19.4 Å². The van der Waals surface area contributed by atoms with Crippen LogP contribution in [0.25, 0.3) is 11.1 Å². The molecule has 9 heteroatoms. The van der Waals surface area contributed by atoms with Gasteiger partial charge in [-0.25, -0.2) is 4.79 Å². The highest BCUT2D eigenvalue weighted by atomic mass is 16.5. The third-order valence-electron chi connectivity index (χ3n) is 6.02. The fraction of sp³-hybridized carbons (Fsp3) is 0.385. The summed E-state index contributed by atoms with van der Waals surface area (Å²) >= 11 is 0. The van der Waals surface area contributed by atoms with Crippen LogP contribution < -0.4 is 20.1 Å². The molecule has 2 amide bonds. The van der Waals surface area contributed by atoms with Crippen LogP contribution in [0.3, 0.4) is 0 Å². The van der Waals surface area contributed by atoms with Crippen LogP contribution in [0.1, 0.15) is 24.8 Å². The largest absolute Gasteiger partial charge is 0.497 e. The van der Waals surface area contributed by atoms with Crippen molar-refractivity contribution in [1.82, 2.24) is 20.4 Å². The lowest BCUT2D eigenvalue weighted by atomic mass is 10.1. The average Bonchev–Trinajstić information content (AvgIpc) is 3.43. The van der Waals surface area contributed by atoms with Gasteiger partial charge in [0.1, 0.15) is 17.6 Å². The van der Waals surface area contributed by atoms with E-state index in [0.717, 1.165) is 48.4 Å². The molecule has 186 valence electrons. The van der Waals surface area contributed by atoms with E-state index in [1.165, 1.54) is 0 Å². The second-order valence-corrected chi connectivity index (χ2v) is 8.55. The van der Waals surface area contributed by atoms with Crippen molar-refractivity contribution in [2.45, 2.75) is 31.9 Å². The minimum absolute atomic E-state index is 0.00532. The van der Waals surface area contributed by atoms with E-state index in [4.69, 9.17) is 9.47 Å². The van der Waals surface area contributed by atoms with Gasteiger partial charge in [-0.2, -0.15) is 5.10 Å². The Morgan fingerprint density at radius 2 is 2.06 bits per heavy atom. The molecule has 3 aromatic rings. The quantitative estimate of drug-likeness (QED) is 0.353. The van der Waals surface area contributed by atoms with Gasteiger partial charge >= 0.3 is 6.03 Å². The van der Waals surface area contributed by atoms with E-state index < -0.39 is 0 Å². The highest BCUT2D eigenvalue weighted by molar-refractivity contribution is 5.91. The Kier molecular flexibility index (Phi) is 8.58. The molecule has 0 spiro atoms. The molecule has 2 heterocycles. The normalized spacial score (nSPS) is 13.9. The van der Waals surface area contributed by atoms with Gasteiger partial charge in [0.05, 0.1) is 19.0 Å². The number of nitrogens with zero attached hydrogens (tertiary/aromatic N) is 2. The van der Waals surface area contributed by atoms with Gasteiger partial charge in [-0.1, -0.05) is 18.2 Å². The molecule has 4 rings (SSSR count). The van der Waals surface area contributed by atoms with Crippen LogP contribution >= 0.6 is 0 Å². The molecule has 35 heavy (non-hydrogen) atoms. The molecule has 1 aliphatic heterocycles. The number of methoxy groups -OCH3 is 1. The van der Waals surface area contributed by atoms with Gasteiger partial charge in [-0.05, 0) is 67.7 Å². The summed E-state index contributed by atoms with van der Waals surface area (Å²) < 4.78 is 11.7. The van der Waals surface area contributed by atoms with Gasteiger partial charge in [0.25, 0.3) is 0 Å². The first-order valence-electron chi connectivity index (χ1n) is 12.0. The maximum atomic E-state index is 13.4. The second kappa shape index (κ2) is 12.2. The molecule has 0 aliphatic carbocycles. The predicted molar refractivity (Wildman–Crippen MR) is 135 cm³/mol. The molecule has 0 atom stereocenters. The SMILES string of the molecule is COc1cccc(CN(CCCO)C(=O)Nc2ccc(-c3cn[nH]c3)cc2OC2CCNCC2)c1. The maximum Gasteiger partial charge on any atom is 0.322 e. The Hall–Kier alpha value is -3.56. The number of nitrogens with one attached hydrogen (secondary N) is 3. The molecule has 1 aromatic heterocycles. The van der Waals surface area contributed by atoms with Gasteiger partial charge in [0.2, 0.25) is 0 Å². The fourth-order valence-corrected chi connectivity index (χ4v) is 4.10. The summed E-state index contributed by atoms with van der Waals surface area (Å²) in [7, 11) is 1.62. The summed E-state index contributed by atoms with van der Waals surface area (Å²) in [4.78, 5) is 15.0. The highest BCUT2D eigenvalue weighted by Gasteiger charge is 2.20. The molecule has 0 unspecified atom stereocenters. The average molecular weight is 480 g/mol. The number of H-pyrrole nitrogens is 1. The zero-order valence-corrected chi connectivity index (χ0v) is 20.0. The number of carbonyl (C=O) groups is 1. The van der Waals surface area contributed by atoms with Gasteiger partial charge in [0, 0.05) is 31.5 Å². The van der Waals surface area contributed by atoms with Gasteiger partial charge in [0.15, 0.2) is 0 Å². The van der Waals surface area contributed by atoms with E-state index in [0.29, 0.717) is 30.9 Å². The van der Waals surface area contributed by atoms with Crippen molar-refractivity contribution in [3.05, 3.63) is 60.4 Å². The van der Waals surface area contributed by atoms with Gasteiger partial charge < -0.3 is 30.1 Å². The van der Waals surface area contributed by atoms with Crippen LogP contribution in [-0.4, -0.2) is 65.7 Å². The zero-order chi connectivity index (χ0) is 24.5. The van der Waals surface area contributed by atoms with Crippen molar-refractivity contribution in [3.63, 3.8) is 0 Å². The van der Waals surface area contributed by atoms with E-state index in [2.05, 4.69) is 20.8 Å². The Morgan fingerprint density at radius 3 is 2.80 bits per heavy atom. The number of aliphatic hydroxyl groups excluding tert-OH is 1. The van der Waals surface area contributed by atoms with Gasteiger partial charge in [-0.15, -0.1) is 0 Å². The number of rotatable bonds is 10. The summed E-state index contributed by atoms with van der Waals surface area (Å²) in [5.74, 6) is 1.37. The van der Waals surface area contributed by atoms with Crippen LogP contribution in [0.5, 0.6) is 11.5 Å². The Labute approximate surface area is 205 Å². The molecule has 2 aromatic carbocycles. The zero-order valence-electron chi connectivity index (χ0n) is 20.0. The molecule has 1 fully saturated rings. The standard InChI is InChI=1S/C26H33N5O4/c1-34-23-5-2-4-19(14-23)18-31(12-3-13-32)26(33)30-24-7-6-20(21-16-28-29-17-21)15-25(24)35-22-8-10-27-11-9-22/h2,4-7,14-17,22,27,32H,3,8-13,18H2,1H3,(H,28,29)(H,30,33). The lowest BCUT2D eigenvalue weighted by Crippen LogP contribution is -2.36. The molecular formula is C26H33N5O4. The molecule has 0 bridgehead atoms. The number of amides is 2. The summed E-state index contributed by atoms with van der Waals surface area (Å²) in [5.41, 5.74) is 3.45. The molecule has 1 saturated heterocycles.